The third kappa shape index (κ3) is 2.12. The van der Waals surface area contributed by atoms with Crippen molar-refractivity contribution in [2.45, 2.75) is 18.6 Å². The molecule has 3 aromatic carbocycles. The second-order valence-corrected chi connectivity index (χ2v) is 7.74. The average Bonchev–Trinajstić information content (AvgIpc) is 2.54. The lowest BCUT2D eigenvalue weighted by Crippen LogP contribution is -2.41. The van der Waals surface area contributed by atoms with E-state index in [-0.39, 0.29) is 13.1 Å². The Bertz CT molecular complexity index is 1070. The van der Waals surface area contributed by atoms with E-state index in [1.54, 1.807) is 18.2 Å². The normalized spacial score (nSPS) is 16.0. The minimum absolute atomic E-state index is 0.273. The Labute approximate surface area is 136 Å². The van der Waals surface area contributed by atoms with Crippen LogP contribution in [0.15, 0.2) is 48.5 Å². The highest BCUT2D eigenvalue weighted by molar-refractivity contribution is 7.89. The molecular weight excluding hydrogens is 339 g/mol. The molecular formula is C17H12F3NO2S. The first kappa shape index (κ1) is 15.4. The third-order valence-electron chi connectivity index (χ3n) is 4.38. The minimum atomic E-state index is -5.36. The first-order chi connectivity index (χ1) is 11.3. The van der Waals surface area contributed by atoms with Gasteiger partial charge in [-0.1, -0.05) is 42.5 Å². The van der Waals surface area contributed by atoms with Crippen LogP contribution in [0.3, 0.4) is 0 Å². The van der Waals surface area contributed by atoms with E-state index in [0.717, 1.165) is 21.5 Å². The molecule has 124 valence electrons. The van der Waals surface area contributed by atoms with Gasteiger partial charge in [0.1, 0.15) is 0 Å². The molecule has 0 atom stereocenters. The standard InChI is InChI=1S/C17H12F3NO2S/c18-17(19,20)24(22,23)21-9-12-5-3-7-15-14-6-2-1-4-11(14)8-13(10-21)16(12)15/h1-8H,9-10H2. The Morgan fingerprint density at radius 1 is 0.875 bits per heavy atom. The van der Waals surface area contributed by atoms with E-state index >= 15 is 0 Å². The molecule has 0 saturated heterocycles. The number of alkyl halides is 3. The van der Waals surface area contributed by atoms with Crippen molar-refractivity contribution in [3.05, 3.63) is 59.7 Å². The van der Waals surface area contributed by atoms with Crippen molar-refractivity contribution >= 4 is 31.6 Å². The summed E-state index contributed by atoms with van der Waals surface area (Å²) in [5.41, 5.74) is -4.11. The minimum Gasteiger partial charge on any atom is -0.203 e. The highest BCUT2D eigenvalue weighted by atomic mass is 32.2. The summed E-state index contributed by atoms with van der Waals surface area (Å²) in [7, 11) is -5.36. The molecule has 1 heterocycles. The van der Waals surface area contributed by atoms with E-state index in [9.17, 15) is 21.6 Å². The lowest BCUT2D eigenvalue weighted by atomic mass is 9.92. The number of fused-ring (bicyclic) bond motifs is 2. The van der Waals surface area contributed by atoms with Crippen molar-refractivity contribution in [1.29, 1.82) is 0 Å². The molecule has 0 fully saturated rings. The number of hydrogen-bond acceptors (Lipinski definition) is 2. The summed E-state index contributed by atoms with van der Waals surface area (Å²) in [5.74, 6) is 0. The Morgan fingerprint density at radius 3 is 2.29 bits per heavy atom. The predicted octanol–water partition coefficient (Wildman–Crippen LogP) is 4.16. The van der Waals surface area contributed by atoms with Crippen molar-refractivity contribution < 1.29 is 21.6 Å². The number of rotatable bonds is 1. The second-order valence-electron chi connectivity index (χ2n) is 5.82. The zero-order chi connectivity index (χ0) is 17.1. The van der Waals surface area contributed by atoms with Crippen LogP contribution < -0.4 is 0 Å². The van der Waals surface area contributed by atoms with Crippen LogP contribution >= 0.6 is 0 Å². The molecule has 24 heavy (non-hydrogen) atoms. The smallest absolute Gasteiger partial charge is 0.203 e. The lowest BCUT2D eigenvalue weighted by Gasteiger charge is -2.29. The molecule has 0 aromatic heterocycles. The highest BCUT2D eigenvalue weighted by Crippen LogP contribution is 2.38. The van der Waals surface area contributed by atoms with Crippen molar-refractivity contribution in [2.24, 2.45) is 0 Å². The topological polar surface area (TPSA) is 37.4 Å². The van der Waals surface area contributed by atoms with Gasteiger partial charge in [0.15, 0.2) is 0 Å². The summed E-state index contributed by atoms with van der Waals surface area (Å²) in [6.45, 7) is -0.551. The van der Waals surface area contributed by atoms with Gasteiger partial charge < -0.3 is 0 Å². The first-order valence-electron chi connectivity index (χ1n) is 7.28. The van der Waals surface area contributed by atoms with Crippen LogP contribution in [0, 0.1) is 0 Å². The van der Waals surface area contributed by atoms with E-state index in [0.29, 0.717) is 15.4 Å². The zero-order valence-corrected chi connectivity index (χ0v) is 13.2. The SMILES string of the molecule is O=S(=O)(N1Cc2cccc3c2c(cc2ccccc23)C1)C(F)(F)F. The van der Waals surface area contributed by atoms with Crippen LogP contribution in [0.25, 0.3) is 21.5 Å². The van der Waals surface area contributed by atoms with Gasteiger partial charge in [0, 0.05) is 13.1 Å². The maximum absolute atomic E-state index is 12.9. The van der Waals surface area contributed by atoms with Gasteiger partial charge in [-0.2, -0.15) is 17.5 Å². The first-order valence-corrected chi connectivity index (χ1v) is 8.72. The van der Waals surface area contributed by atoms with Gasteiger partial charge in [-0.3, -0.25) is 0 Å². The third-order valence-corrected chi connectivity index (χ3v) is 5.90. The van der Waals surface area contributed by atoms with E-state index in [4.69, 9.17) is 0 Å². The van der Waals surface area contributed by atoms with Crippen LogP contribution in [0.1, 0.15) is 11.1 Å². The molecule has 0 radical (unpaired) electrons. The molecule has 0 spiro atoms. The number of hydrogen-bond donors (Lipinski definition) is 0. The summed E-state index contributed by atoms with van der Waals surface area (Å²) < 4.78 is 62.8. The van der Waals surface area contributed by atoms with Gasteiger partial charge in [-0.05, 0) is 38.7 Å². The molecule has 0 bridgehead atoms. The summed E-state index contributed by atoms with van der Waals surface area (Å²) in [6, 6.07) is 14.7. The molecule has 0 aliphatic carbocycles. The Balaban J connectivity index is 1.97. The van der Waals surface area contributed by atoms with Gasteiger partial charge in [0.2, 0.25) is 0 Å². The largest absolute Gasteiger partial charge is 0.511 e. The number of sulfonamides is 1. The number of benzene rings is 3. The molecule has 3 aromatic rings. The van der Waals surface area contributed by atoms with Gasteiger partial charge >= 0.3 is 15.5 Å². The maximum Gasteiger partial charge on any atom is 0.511 e. The molecule has 7 heteroatoms. The monoisotopic (exact) mass is 351 g/mol. The summed E-state index contributed by atoms with van der Waals surface area (Å²) in [6.07, 6.45) is 0. The number of halogens is 3. The van der Waals surface area contributed by atoms with Gasteiger partial charge in [-0.15, -0.1) is 0 Å². The fourth-order valence-corrected chi connectivity index (χ4v) is 4.25. The molecule has 3 nitrogen and oxygen atoms in total. The molecule has 0 saturated carbocycles. The van der Waals surface area contributed by atoms with Gasteiger partial charge in [-0.25, -0.2) is 8.42 Å². The van der Waals surface area contributed by atoms with Crippen LogP contribution in [0.4, 0.5) is 13.2 Å². The van der Waals surface area contributed by atoms with E-state index in [2.05, 4.69) is 0 Å². The van der Waals surface area contributed by atoms with Crippen LogP contribution in [-0.2, 0) is 23.1 Å². The quantitative estimate of drug-likeness (QED) is 0.618. The predicted molar refractivity (Wildman–Crippen MR) is 85.7 cm³/mol. The summed E-state index contributed by atoms with van der Waals surface area (Å²) in [4.78, 5) is 0. The van der Waals surface area contributed by atoms with Crippen molar-refractivity contribution in [3.63, 3.8) is 0 Å². The van der Waals surface area contributed by atoms with Crippen molar-refractivity contribution in [2.75, 3.05) is 0 Å². The molecule has 0 N–H and O–H groups in total. The lowest BCUT2D eigenvalue weighted by molar-refractivity contribution is -0.0494. The van der Waals surface area contributed by atoms with Crippen molar-refractivity contribution in [1.82, 2.24) is 4.31 Å². The molecule has 0 unspecified atom stereocenters. The van der Waals surface area contributed by atoms with Crippen LogP contribution in [-0.4, -0.2) is 18.2 Å². The highest BCUT2D eigenvalue weighted by Gasteiger charge is 2.50. The van der Waals surface area contributed by atoms with E-state index in [1.165, 1.54) is 0 Å². The van der Waals surface area contributed by atoms with E-state index in [1.807, 2.05) is 30.3 Å². The molecule has 0 amide bonds. The average molecular weight is 351 g/mol. The Hall–Kier alpha value is -2.12. The van der Waals surface area contributed by atoms with Crippen molar-refractivity contribution in [3.8, 4) is 0 Å². The van der Waals surface area contributed by atoms with Crippen LogP contribution in [0.5, 0.6) is 0 Å². The maximum atomic E-state index is 12.9. The summed E-state index contributed by atoms with van der Waals surface area (Å²) in [5, 5.41) is 3.67. The zero-order valence-electron chi connectivity index (χ0n) is 12.3. The Morgan fingerprint density at radius 2 is 1.54 bits per heavy atom. The Kier molecular flexibility index (Phi) is 3.17. The summed E-state index contributed by atoms with van der Waals surface area (Å²) >= 11 is 0. The van der Waals surface area contributed by atoms with Crippen LogP contribution in [0.2, 0.25) is 0 Å². The van der Waals surface area contributed by atoms with Gasteiger partial charge in [0.25, 0.3) is 0 Å². The molecule has 1 aliphatic rings. The molecule has 4 rings (SSSR count). The second kappa shape index (κ2) is 4.94. The fourth-order valence-electron chi connectivity index (χ4n) is 3.34. The molecule has 1 aliphatic heterocycles. The van der Waals surface area contributed by atoms with E-state index < -0.39 is 15.5 Å². The fraction of sp³-hybridized carbons (Fsp3) is 0.176. The van der Waals surface area contributed by atoms with Gasteiger partial charge in [0.05, 0.1) is 0 Å². The number of nitrogens with zero attached hydrogens (tertiary/aromatic N) is 1.